The van der Waals surface area contributed by atoms with Crippen LogP contribution in [0.1, 0.15) is 48.9 Å². The van der Waals surface area contributed by atoms with Gasteiger partial charge in [0.15, 0.2) is 5.11 Å². The highest BCUT2D eigenvalue weighted by molar-refractivity contribution is 7.80. The maximum absolute atomic E-state index is 12.3. The van der Waals surface area contributed by atoms with Gasteiger partial charge < -0.3 is 5.32 Å². The molecule has 2 N–H and O–H groups in total. The number of halogens is 1. The molecular weight excluding hydrogens is 328 g/mol. The van der Waals surface area contributed by atoms with Crippen molar-refractivity contribution in [3.63, 3.8) is 0 Å². The van der Waals surface area contributed by atoms with Crippen molar-refractivity contribution < 1.29 is 4.79 Å². The molecule has 0 atom stereocenters. The van der Waals surface area contributed by atoms with Gasteiger partial charge >= 0.3 is 0 Å². The topological polar surface area (TPSA) is 41.1 Å². The quantitative estimate of drug-likeness (QED) is 0.796. The molecule has 0 heterocycles. The summed E-state index contributed by atoms with van der Waals surface area (Å²) in [5, 5.41) is 7.42. The second kappa shape index (κ2) is 5.75. The van der Waals surface area contributed by atoms with Crippen molar-refractivity contribution in [1.29, 1.82) is 0 Å². The summed E-state index contributed by atoms with van der Waals surface area (Å²) in [6.07, 6.45) is 7.79. The lowest BCUT2D eigenvalue weighted by Gasteiger charge is -2.57. The highest BCUT2D eigenvalue weighted by atomic mass is 35.5. The van der Waals surface area contributed by atoms with Gasteiger partial charge in [-0.15, -0.1) is 0 Å². The lowest BCUT2D eigenvalue weighted by molar-refractivity contribution is -0.0101. The van der Waals surface area contributed by atoms with Gasteiger partial charge in [-0.05, 0) is 92.8 Å². The van der Waals surface area contributed by atoms with Crippen LogP contribution in [0.15, 0.2) is 24.3 Å². The van der Waals surface area contributed by atoms with Gasteiger partial charge in [0.1, 0.15) is 0 Å². The van der Waals surface area contributed by atoms with Gasteiger partial charge in [-0.25, -0.2) is 0 Å². The number of carbonyl (C=O) groups is 1. The molecule has 4 bridgehead atoms. The molecule has 0 aromatic heterocycles. The summed E-state index contributed by atoms with van der Waals surface area (Å²) in [6.45, 7) is 0. The SMILES string of the molecule is O=C(NC(=S)NC12CC3CC(CC(C3)C1)C2)c1ccc(Cl)cc1. The molecule has 4 aliphatic carbocycles. The van der Waals surface area contributed by atoms with Crippen LogP contribution >= 0.6 is 23.8 Å². The Balaban J connectivity index is 1.40. The Morgan fingerprint density at radius 1 is 1.04 bits per heavy atom. The molecule has 0 saturated heterocycles. The van der Waals surface area contributed by atoms with E-state index in [-0.39, 0.29) is 11.4 Å². The van der Waals surface area contributed by atoms with Gasteiger partial charge in [0.25, 0.3) is 5.91 Å². The fourth-order valence-corrected chi connectivity index (χ4v) is 5.75. The zero-order chi connectivity index (χ0) is 16.0. The Hall–Kier alpha value is -1.13. The molecule has 5 rings (SSSR count). The fraction of sp³-hybridized carbons (Fsp3) is 0.556. The van der Waals surface area contributed by atoms with Crippen molar-refractivity contribution in [3.8, 4) is 0 Å². The minimum Gasteiger partial charge on any atom is -0.357 e. The number of thiocarbonyl (C=S) groups is 1. The number of rotatable bonds is 2. The Kier molecular flexibility index (Phi) is 3.85. The number of hydrogen-bond donors (Lipinski definition) is 2. The summed E-state index contributed by atoms with van der Waals surface area (Å²) in [4.78, 5) is 12.3. The van der Waals surface area contributed by atoms with Crippen LogP contribution in [0.4, 0.5) is 0 Å². The first-order valence-electron chi connectivity index (χ1n) is 8.40. The minimum atomic E-state index is -0.177. The second-order valence-corrected chi connectivity index (χ2v) is 8.46. The molecule has 0 radical (unpaired) electrons. The summed E-state index contributed by atoms with van der Waals surface area (Å²) < 4.78 is 0. The standard InChI is InChI=1S/C18H21ClN2OS/c19-15-3-1-14(2-4-15)16(22)20-17(23)21-18-8-11-5-12(9-18)7-13(6-11)10-18/h1-4,11-13H,5-10H2,(H2,20,21,22,23). The summed E-state index contributed by atoms with van der Waals surface area (Å²) in [5.41, 5.74) is 0.697. The van der Waals surface area contributed by atoms with Gasteiger partial charge in [-0.1, -0.05) is 11.6 Å². The molecule has 0 aliphatic heterocycles. The molecule has 1 amide bonds. The lowest BCUT2D eigenvalue weighted by Crippen LogP contribution is -2.61. The maximum Gasteiger partial charge on any atom is 0.257 e. The summed E-state index contributed by atoms with van der Waals surface area (Å²) in [5.74, 6) is 2.37. The molecule has 1 aromatic carbocycles. The molecule has 3 nitrogen and oxygen atoms in total. The molecule has 23 heavy (non-hydrogen) atoms. The van der Waals surface area contributed by atoms with Crippen LogP contribution in [0.3, 0.4) is 0 Å². The number of carbonyl (C=O) groups excluding carboxylic acids is 1. The predicted octanol–water partition coefficient (Wildman–Crippen LogP) is 3.91. The van der Waals surface area contributed by atoms with E-state index in [4.69, 9.17) is 23.8 Å². The normalized spacial score (nSPS) is 34.2. The van der Waals surface area contributed by atoms with Crippen LogP contribution in [0.5, 0.6) is 0 Å². The molecule has 0 spiro atoms. The third kappa shape index (κ3) is 3.11. The number of hydrogen-bond acceptors (Lipinski definition) is 2. The van der Waals surface area contributed by atoms with Gasteiger partial charge in [0.2, 0.25) is 0 Å². The molecule has 122 valence electrons. The number of benzene rings is 1. The van der Waals surface area contributed by atoms with Crippen LogP contribution in [0, 0.1) is 17.8 Å². The first kappa shape index (κ1) is 15.4. The monoisotopic (exact) mass is 348 g/mol. The summed E-state index contributed by atoms with van der Waals surface area (Å²) in [7, 11) is 0. The van der Waals surface area contributed by atoms with Crippen molar-refractivity contribution >= 4 is 34.8 Å². The van der Waals surface area contributed by atoms with Crippen molar-refractivity contribution in [3.05, 3.63) is 34.9 Å². The zero-order valence-corrected chi connectivity index (χ0v) is 14.6. The van der Waals surface area contributed by atoms with E-state index in [1.54, 1.807) is 24.3 Å². The first-order valence-corrected chi connectivity index (χ1v) is 9.19. The number of nitrogens with one attached hydrogen (secondary N) is 2. The van der Waals surface area contributed by atoms with E-state index < -0.39 is 0 Å². The molecular formula is C18H21ClN2OS. The summed E-state index contributed by atoms with van der Waals surface area (Å²) in [6, 6.07) is 6.86. The van der Waals surface area contributed by atoms with E-state index >= 15 is 0 Å². The molecule has 0 unspecified atom stereocenters. The van der Waals surface area contributed by atoms with E-state index in [1.807, 2.05) is 0 Å². The van der Waals surface area contributed by atoms with Crippen LogP contribution in [-0.2, 0) is 0 Å². The van der Waals surface area contributed by atoms with Crippen LogP contribution < -0.4 is 10.6 Å². The summed E-state index contributed by atoms with van der Waals surface area (Å²) >= 11 is 11.3. The van der Waals surface area contributed by atoms with E-state index in [9.17, 15) is 4.79 Å². The Labute approximate surface area is 147 Å². The Morgan fingerprint density at radius 2 is 1.57 bits per heavy atom. The predicted molar refractivity (Wildman–Crippen MR) is 95.6 cm³/mol. The van der Waals surface area contributed by atoms with Crippen molar-refractivity contribution in [2.45, 2.75) is 44.1 Å². The van der Waals surface area contributed by atoms with Crippen molar-refractivity contribution in [2.75, 3.05) is 0 Å². The van der Waals surface area contributed by atoms with Crippen LogP contribution in [0.25, 0.3) is 0 Å². The maximum atomic E-state index is 12.3. The number of amides is 1. The highest BCUT2D eigenvalue weighted by Gasteiger charge is 2.51. The third-order valence-corrected chi connectivity index (χ3v) is 6.21. The van der Waals surface area contributed by atoms with E-state index in [2.05, 4.69) is 10.6 Å². The molecule has 4 fully saturated rings. The Morgan fingerprint density at radius 3 is 2.09 bits per heavy atom. The van der Waals surface area contributed by atoms with Crippen molar-refractivity contribution in [2.24, 2.45) is 17.8 Å². The minimum absolute atomic E-state index is 0.124. The Bertz CT molecular complexity index is 608. The van der Waals surface area contributed by atoms with Crippen LogP contribution in [-0.4, -0.2) is 16.6 Å². The second-order valence-electron chi connectivity index (χ2n) is 7.61. The van der Waals surface area contributed by atoms with E-state index in [0.29, 0.717) is 15.7 Å². The fourth-order valence-electron chi connectivity index (χ4n) is 5.31. The average Bonchev–Trinajstić information content (AvgIpc) is 2.45. The molecule has 5 heteroatoms. The molecule has 4 aliphatic rings. The molecule has 1 aromatic rings. The largest absolute Gasteiger partial charge is 0.357 e. The molecule has 4 saturated carbocycles. The van der Waals surface area contributed by atoms with Gasteiger partial charge in [-0.3, -0.25) is 10.1 Å². The smallest absolute Gasteiger partial charge is 0.257 e. The van der Waals surface area contributed by atoms with E-state index in [0.717, 1.165) is 17.8 Å². The average molecular weight is 349 g/mol. The zero-order valence-electron chi connectivity index (χ0n) is 13.0. The van der Waals surface area contributed by atoms with Gasteiger partial charge in [0.05, 0.1) is 0 Å². The van der Waals surface area contributed by atoms with Crippen molar-refractivity contribution in [1.82, 2.24) is 10.6 Å². The lowest BCUT2D eigenvalue weighted by atomic mass is 9.53. The highest BCUT2D eigenvalue weighted by Crippen LogP contribution is 2.55. The van der Waals surface area contributed by atoms with Gasteiger partial charge in [0, 0.05) is 16.1 Å². The first-order chi connectivity index (χ1) is 11.0. The van der Waals surface area contributed by atoms with Crippen LogP contribution in [0.2, 0.25) is 5.02 Å². The van der Waals surface area contributed by atoms with Gasteiger partial charge in [-0.2, -0.15) is 0 Å². The van der Waals surface area contributed by atoms with E-state index in [1.165, 1.54) is 38.5 Å². The third-order valence-electron chi connectivity index (χ3n) is 5.75.